The van der Waals surface area contributed by atoms with Gasteiger partial charge in [0.2, 0.25) is 5.75 Å². The summed E-state index contributed by atoms with van der Waals surface area (Å²) in [5, 5.41) is 3.35. The summed E-state index contributed by atoms with van der Waals surface area (Å²) < 4.78 is 5.24. The summed E-state index contributed by atoms with van der Waals surface area (Å²) in [6.45, 7) is 2.11. The number of methoxy groups -OCH3 is 1. The molecule has 0 amide bonds. The van der Waals surface area contributed by atoms with Crippen molar-refractivity contribution in [3.63, 3.8) is 0 Å². The van der Waals surface area contributed by atoms with Crippen molar-refractivity contribution in [1.82, 2.24) is 9.97 Å². The number of benzene rings is 1. The number of hydrogen-bond acceptors (Lipinski definition) is 5. The molecule has 19 heavy (non-hydrogen) atoms. The predicted molar refractivity (Wildman–Crippen MR) is 76.1 cm³/mol. The molecule has 0 spiro atoms. The van der Waals surface area contributed by atoms with E-state index in [2.05, 4.69) is 34.3 Å². The van der Waals surface area contributed by atoms with E-state index < -0.39 is 0 Å². The van der Waals surface area contributed by atoms with Gasteiger partial charge in [-0.3, -0.25) is 0 Å². The van der Waals surface area contributed by atoms with E-state index in [9.17, 15) is 0 Å². The van der Waals surface area contributed by atoms with E-state index in [1.54, 1.807) is 7.11 Å². The number of nitrogens with zero attached hydrogens (tertiary/aromatic N) is 2. The molecule has 3 N–H and O–H groups in total. The van der Waals surface area contributed by atoms with Gasteiger partial charge in [0.25, 0.3) is 0 Å². The van der Waals surface area contributed by atoms with Crippen molar-refractivity contribution >= 4 is 11.6 Å². The highest BCUT2D eigenvalue weighted by Crippen LogP contribution is 2.30. The molecular formula is C14H18N4O. The van der Waals surface area contributed by atoms with Gasteiger partial charge in [-0.2, -0.15) is 0 Å². The van der Waals surface area contributed by atoms with Crippen molar-refractivity contribution in [2.75, 3.05) is 18.2 Å². The van der Waals surface area contributed by atoms with Crippen molar-refractivity contribution in [3.05, 3.63) is 42.2 Å². The lowest BCUT2D eigenvalue weighted by Crippen LogP contribution is -2.12. The topological polar surface area (TPSA) is 73.1 Å². The molecule has 0 aliphatic rings. The van der Waals surface area contributed by atoms with E-state index >= 15 is 0 Å². The Kier molecular flexibility index (Phi) is 4.18. The fourth-order valence-corrected chi connectivity index (χ4v) is 1.96. The van der Waals surface area contributed by atoms with Crippen molar-refractivity contribution in [3.8, 4) is 5.75 Å². The molecule has 5 nitrogen and oxygen atoms in total. The molecular weight excluding hydrogens is 240 g/mol. The Labute approximate surface area is 112 Å². The molecule has 1 aromatic carbocycles. The predicted octanol–water partition coefficient (Wildman–Crippen LogP) is 2.63. The molecule has 0 saturated carbocycles. The van der Waals surface area contributed by atoms with Gasteiger partial charge < -0.3 is 15.8 Å². The van der Waals surface area contributed by atoms with E-state index in [4.69, 9.17) is 10.5 Å². The maximum absolute atomic E-state index is 5.77. The average Bonchev–Trinajstić information content (AvgIpc) is 2.46. The van der Waals surface area contributed by atoms with Gasteiger partial charge in [0.1, 0.15) is 6.33 Å². The van der Waals surface area contributed by atoms with Crippen molar-refractivity contribution in [2.45, 2.75) is 19.4 Å². The largest absolute Gasteiger partial charge is 0.490 e. The second kappa shape index (κ2) is 6.04. The Morgan fingerprint density at radius 2 is 2.00 bits per heavy atom. The first-order valence-electron chi connectivity index (χ1n) is 6.22. The molecule has 0 radical (unpaired) electrons. The van der Waals surface area contributed by atoms with E-state index in [0.717, 1.165) is 6.42 Å². The first-order chi connectivity index (χ1) is 9.26. The average molecular weight is 258 g/mol. The molecule has 0 bridgehead atoms. The second-order valence-electron chi connectivity index (χ2n) is 4.16. The van der Waals surface area contributed by atoms with E-state index in [-0.39, 0.29) is 6.04 Å². The van der Waals surface area contributed by atoms with Crippen LogP contribution in [0.5, 0.6) is 5.75 Å². The van der Waals surface area contributed by atoms with Crippen LogP contribution in [0, 0.1) is 0 Å². The minimum atomic E-state index is 0.157. The molecule has 0 aliphatic carbocycles. The number of nitrogen functional groups attached to an aromatic ring is 1. The van der Waals surface area contributed by atoms with Crippen LogP contribution in [0.2, 0.25) is 0 Å². The van der Waals surface area contributed by atoms with Crippen LogP contribution in [0.25, 0.3) is 0 Å². The van der Waals surface area contributed by atoms with Crippen LogP contribution in [-0.2, 0) is 0 Å². The zero-order valence-electron chi connectivity index (χ0n) is 11.1. The molecule has 5 heteroatoms. The molecule has 0 aliphatic heterocycles. The zero-order valence-corrected chi connectivity index (χ0v) is 11.1. The molecule has 0 saturated heterocycles. The summed E-state index contributed by atoms with van der Waals surface area (Å²) in [6, 6.07) is 10.4. The molecule has 2 aromatic rings. The summed E-state index contributed by atoms with van der Waals surface area (Å²) >= 11 is 0. The van der Waals surface area contributed by atoms with Crippen LogP contribution in [0.3, 0.4) is 0 Å². The first-order valence-corrected chi connectivity index (χ1v) is 6.22. The molecule has 1 unspecified atom stereocenters. The molecule has 1 atom stereocenters. The molecule has 1 heterocycles. The summed E-state index contributed by atoms with van der Waals surface area (Å²) in [5.74, 6) is 1.44. The van der Waals surface area contributed by atoms with Gasteiger partial charge in [0.05, 0.1) is 13.2 Å². The highest BCUT2D eigenvalue weighted by molar-refractivity contribution is 5.61. The van der Waals surface area contributed by atoms with Crippen molar-refractivity contribution < 1.29 is 4.74 Å². The third-order valence-corrected chi connectivity index (χ3v) is 2.96. The lowest BCUT2D eigenvalue weighted by Gasteiger charge is -2.19. The quantitative estimate of drug-likeness (QED) is 0.862. The van der Waals surface area contributed by atoms with Crippen molar-refractivity contribution in [1.29, 1.82) is 0 Å². The van der Waals surface area contributed by atoms with Crippen LogP contribution in [0.4, 0.5) is 11.6 Å². The first kappa shape index (κ1) is 13.1. The number of nitrogens with two attached hydrogens (primary N) is 1. The standard InChI is InChI=1S/C14H18N4O/c1-3-11(10-7-5-4-6-8-10)18-14-12(19-2)13(15)16-9-17-14/h4-9,11H,3H2,1-2H3,(H3,15,16,17,18). The number of hydrogen-bond donors (Lipinski definition) is 2. The summed E-state index contributed by atoms with van der Waals surface area (Å²) in [5.41, 5.74) is 6.97. The monoisotopic (exact) mass is 258 g/mol. The Morgan fingerprint density at radius 3 is 2.63 bits per heavy atom. The van der Waals surface area contributed by atoms with Crippen LogP contribution >= 0.6 is 0 Å². The molecule has 100 valence electrons. The number of ether oxygens (including phenoxy) is 1. The summed E-state index contributed by atoms with van der Waals surface area (Å²) in [6.07, 6.45) is 2.36. The SMILES string of the molecule is CCC(Nc1ncnc(N)c1OC)c1ccccc1. The van der Waals surface area contributed by atoms with E-state index in [1.165, 1.54) is 11.9 Å². The fourth-order valence-electron chi connectivity index (χ4n) is 1.96. The van der Waals surface area contributed by atoms with Crippen LogP contribution < -0.4 is 15.8 Å². The number of rotatable bonds is 5. The normalized spacial score (nSPS) is 11.9. The smallest absolute Gasteiger partial charge is 0.203 e. The minimum absolute atomic E-state index is 0.157. The zero-order chi connectivity index (χ0) is 13.7. The van der Waals surface area contributed by atoms with E-state index in [1.807, 2.05) is 18.2 Å². The van der Waals surface area contributed by atoms with Gasteiger partial charge in [-0.05, 0) is 12.0 Å². The number of anilines is 2. The van der Waals surface area contributed by atoms with Gasteiger partial charge >= 0.3 is 0 Å². The third-order valence-electron chi connectivity index (χ3n) is 2.96. The summed E-state index contributed by atoms with van der Waals surface area (Å²) in [7, 11) is 1.56. The second-order valence-corrected chi connectivity index (χ2v) is 4.16. The Bertz CT molecular complexity index is 530. The van der Waals surface area contributed by atoms with Crippen LogP contribution in [0.15, 0.2) is 36.7 Å². The highest BCUT2D eigenvalue weighted by Gasteiger charge is 2.14. The van der Waals surface area contributed by atoms with Gasteiger partial charge in [-0.25, -0.2) is 9.97 Å². The van der Waals surface area contributed by atoms with Crippen molar-refractivity contribution in [2.24, 2.45) is 0 Å². The molecule has 0 fully saturated rings. The van der Waals surface area contributed by atoms with Crippen LogP contribution in [0.1, 0.15) is 24.9 Å². The van der Waals surface area contributed by atoms with Crippen LogP contribution in [-0.4, -0.2) is 17.1 Å². The minimum Gasteiger partial charge on any atom is -0.490 e. The van der Waals surface area contributed by atoms with Gasteiger partial charge in [0, 0.05) is 0 Å². The summed E-state index contributed by atoms with van der Waals surface area (Å²) in [4.78, 5) is 8.11. The van der Waals surface area contributed by atoms with E-state index in [0.29, 0.717) is 17.4 Å². The maximum atomic E-state index is 5.77. The lowest BCUT2D eigenvalue weighted by atomic mass is 10.0. The Hall–Kier alpha value is -2.30. The van der Waals surface area contributed by atoms with Gasteiger partial charge in [-0.15, -0.1) is 0 Å². The molecule has 2 rings (SSSR count). The fraction of sp³-hybridized carbons (Fsp3) is 0.286. The number of aromatic nitrogens is 2. The maximum Gasteiger partial charge on any atom is 0.203 e. The molecule has 1 aromatic heterocycles. The lowest BCUT2D eigenvalue weighted by molar-refractivity contribution is 0.414. The van der Waals surface area contributed by atoms with Gasteiger partial charge in [0.15, 0.2) is 11.6 Å². The third kappa shape index (κ3) is 2.93. The number of nitrogens with one attached hydrogen (secondary N) is 1. The Morgan fingerprint density at radius 1 is 1.26 bits per heavy atom. The van der Waals surface area contributed by atoms with Gasteiger partial charge in [-0.1, -0.05) is 37.3 Å². The highest BCUT2D eigenvalue weighted by atomic mass is 16.5. The Balaban J connectivity index is 2.27.